The van der Waals surface area contributed by atoms with Gasteiger partial charge in [-0.25, -0.2) is 4.79 Å². The minimum atomic E-state index is -0.909. The number of carboxylic acids is 1. The van der Waals surface area contributed by atoms with Gasteiger partial charge >= 0.3 is 5.97 Å². The molecular weight excluding hydrogens is 298 g/mol. The molecule has 3 atom stereocenters. The maximum absolute atomic E-state index is 12.8. The van der Waals surface area contributed by atoms with Gasteiger partial charge in [0.05, 0.1) is 14.2 Å². The summed E-state index contributed by atoms with van der Waals surface area (Å²) in [6.45, 7) is 0.523. The van der Waals surface area contributed by atoms with Crippen LogP contribution in [0.25, 0.3) is 0 Å². The second kappa shape index (κ2) is 6.10. The van der Waals surface area contributed by atoms with Gasteiger partial charge in [-0.2, -0.15) is 0 Å². The maximum atomic E-state index is 12.8. The first-order valence-electron chi connectivity index (χ1n) is 7.82. The van der Waals surface area contributed by atoms with Crippen molar-refractivity contribution in [2.45, 2.75) is 25.3 Å². The zero-order valence-corrected chi connectivity index (χ0v) is 13.3. The Bertz CT molecular complexity index is 629. The summed E-state index contributed by atoms with van der Waals surface area (Å²) in [5, 5.41) is 9.57. The number of rotatable bonds is 4. The van der Waals surface area contributed by atoms with E-state index in [9.17, 15) is 14.7 Å². The summed E-state index contributed by atoms with van der Waals surface area (Å²) in [5.41, 5.74) is 0.425. The van der Waals surface area contributed by atoms with Crippen molar-refractivity contribution in [3.05, 3.63) is 23.8 Å². The Hall–Kier alpha value is -2.24. The van der Waals surface area contributed by atoms with Crippen LogP contribution in [0, 0.1) is 11.8 Å². The van der Waals surface area contributed by atoms with Gasteiger partial charge in [0.15, 0.2) is 11.5 Å². The number of ether oxygens (including phenoxy) is 2. The van der Waals surface area contributed by atoms with Crippen LogP contribution in [-0.4, -0.2) is 48.7 Å². The van der Waals surface area contributed by atoms with Crippen molar-refractivity contribution in [3.8, 4) is 11.5 Å². The average Bonchev–Trinajstić information content (AvgIpc) is 3.13. The molecule has 1 N–H and O–H groups in total. The van der Waals surface area contributed by atoms with E-state index >= 15 is 0 Å². The molecule has 0 bridgehead atoms. The molecule has 23 heavy (non-hydrogen) atoms. The van der Waals surface area contributed by atoms with Gasteiger partial charge in [-0.3, -0.25) is 4.79 Å². The molecule has 1 aliphatic carbocycles. The Morgan fingerprint density at radius 3 is 2.57 bits per heavy atom. The second-order valence-corrected chi connectivity index (χ2v) is 6.17. The van der Waals surface area contributed by atoms with Crippen LogP contribution in [0.3, 0.4) is 0 Å². The highest BCUT2D eigenvalue weighted by Gasteiger charge is 2.49. The molecule has 0 radical (unpaired) electrons. The number of carbonyl (C=O) groups is 2. The summed E-state index contributed by atoms with van der Waals surface area (Å²) in [6.07, 6.45) is 2.94. The third-order valence-corrected chi connectivity index (χ3v) is 5.03. The number of amides is 1. The van der Waals surface area contributed by atoms with E-state index in [1.807, 2.05) is 0 Å². The molecule has 1 aromatic carbocycles. The predicted molar refractivity (Wildman–Crippen MR) is 82.8 cm³/mol. The fourth-order valence-electron chi connectivity index (χ4n) is 3.97. The third kappa shape index (κ3) is 2.62. The van der Waals surface area contributed by atoms with Gasteiger partial charge in [-0.15, -0.1) is 0 Å². The van der Waals surface area contributed by atoms with E-state index in [4.69, 9.17) is 9.47 Å². The molecule has 6 nitrogen and oxygen atoms in total. The van der Waals surface area contributed by atoms with Gasteiger partial charge in [0, 0.05) is 12.1 Å². The largest absolute Gasteiger partial charge is 0.493 e. The standard InChI is InChI=1S/C17H21NO5/c1-22-13-7-6-10(8-14(13)23-2)16(19)18-9-11-4-3-5-12(11)15(18)17(20)21/h6-8,11-12,15H,3-5,9H2,1-2H3,(H,20,21). The Balaban J connectivity index is 1.89. The predicted octanol–water partition coefficient (Wildman–Crippen LogP) is 2.03. The number of methoxy groups -OCH3 is 2. The monoisotopic (exact) mass is 319 g/mol. The Morgan fingerprint density at radius 2 is 1.91 bits per heavy atom. The van der Waals surface area contributed by atoms with Gasteiger partial charge in [-0.05, 0) is 42.9 Å². The molecule has 6 heteroatoms. The summed E-state index contributed by atoms with van der Waals surface area (Å²) in [6, 6.07) is 4.20. The summed E-state index contributed by atoms with van der Waals surface area (Å²) in [5.74, 6) is 0.222. The molecule has 3 rings (SSSR count). The van der Waals surface area contributed by atoms with E-state index in [-0.39, 0.29) is 11.8 Å². The van der Waals surface area contributed by atoms with Crippen LogP contribution < -0.4 is 9.47 Å². The number of aliphatic carboxylic acids is 1. The number of fused-ring (bicyclic) bond motifs is 1. The van der Waals surface area contributed by atoms with E-state index in [0.29, 0.717) is 29.5 Å². The molecular formula is C17H21NO5. The smallest absolute Gasteiger partial charge is 0.326 e. The minimum Gasteiger partial charge on any atom is -0.493 e. The first kappa shape index (κ1) is 15.6. The molecule has 1 amide bonds. The van der Waals surface area contributed by atoms with Crippen LogP contribution in [-0.2, 0) is 4.79 Å². The number of carboxylic acid groups (broad SMARTS) is 1. The number of hydrogen-bond donors (Lipinski definition) is 1. The van der Waals surface area contributed by atoms with Crippen LogP contribution in [0.2, 0.25) is 0 Å². The summed E-state index contributed by atoms with van der Waals surface area (Å²) < 4.78 is 10.4. The van der Waals surface area contributed by atoms with Crippen molar-refractivity contribution in [1.82, 2.24) is 4.90 Å². The van der Waals surface area contributed by atoms with Crippen LogP contribution in [0.15, 0.2) is 18.2 Å². The van der Waals surface area contributed by atoms with Crippen LogP contribution in [0.4, 0.5) is 0 Å². The Kier molecular flexibility index (Phi) is 4.15. The van der Waals surface area contributed by atoms with E-state index in [2.05, 4.69) is 0 Å². The normalized spacial score (nSPS) is 26.0. The number of nitrogens with zero attached hydrogens (tertiary/aromatic N) is 1. The van der Waals surface area contributed by atoms with Crippen molar-refractivity contribution in [3.63, 3.8) is 0 Å². The third-order valence-electron chi connectivity index (χ3n) is 5.03. The van der Waals surface area contributed by atoms with Crippen LogP contribution in [0.1, 0.15) is 29.6 Å². The van der Waals surface area contributed by atoms with Crippen molar-refractivity contribution in [1.29, 1.82) is 0 Å². The van der Waals surface area contributed by atoms with Crippen molar-refractivity contribution in [2.75, 3.05) is 20.8 Å². The van der Waals surface area contributed by atoms with Gasteiger partial charge in [-0.1, -0.05) is 6.42 Å². The molecule has 1 saturated carbocycles. The highest BCUT2D eigenvalue weighted by Crippen LogP contribution is 2.43. The fourth-order valence-corrected chi connectivity index (χ4v) is 3.97. The molecule has 1 aliphatic heterocycles. The Labute approximate surface area is 135 Å². The molecule has 1 saturated heterocycles. The lowest BCUT2D eigenvalue weighted by molar-refractivity contribution is -0.142. The molecule has 3 unspecified atom stereocenters. The highest BCUT2D eigenvalue weighted by molar-refractivity contribution is 5.97. The van der Waals surface area contributed by atoms with Gasteiger partial charge in [0.1, 0.15) is 6.04 Å². The number of benzene rings is 1. The average molecular weight is 319 g/mol. The minimum absolute atomic E-state index is 0.0802. The zero-order valence-electron chi connectivity index (χ0n) is 13.3. The molecule has 2 aliphatic rings. The van der Waals surface area contributed by atoms with Gasteiger partial charge in [0.2, 0.25) is 0 Å². The maximum Gasteiger partial charge on any atom is 0.326 e. The quantitative estimate of drug-likeness (QED) is 0.919. The molecule has 0 aromatic heterocycles. The van der Waals surface area contributed by atoms with Crippen molar-refractivity contribution >= 4 is 11.9 Å². The first-order chi connectivity index (χ1) is 11.1. The van der Waals surface area contributed by atoms with E-state index in [0.717, 1.165) is 19.3 Å². The summed E-state index contributed by atoms with van der Waals surface area (Å²) in [4.78, 5) is 26.0. The number of carbonyl (C=O) groups excluding carboxylic acids is 1. The lowest BCUT2D eigenvalue weighted by Gasteiger charge is -2.24. The highest BCUT2D eigenvalue weighted by atomic mass is 16.5. The number of hydrogen-bond acceptors (Lipinski definition) is 4. The van der Waals surface area contributed by atoms with Gasteiger partial charge in [0.25, 0.3) is 5.91 Å². The first-order valence-corrected chi connectivity index (χ1v) is 7.82. The van der Waals surface area contributed by atoms with Gasteiger partial charge < -0.3 is 19.5 Å². The topological polar surface area (TPSA) is 76.1 Å². The summed E-state index contributed by atoms with van der Waals surface area (Å²) in [7, 11) is 3.04. The lowest BCUT2D eigenvalue weighted by Crippen LogP contribution is -2.43. The summed E-state index contributed by atoms with van der Waals surface area (Å²) >= 11 is 0. The Morgan fingerprint density at radius 1 is 1.17 bits per heavy atom. The molecule has 124 valence electrons. The number of likely N-dealkylation sites (tertiary alicyclic amines) is 1. The molecule has 2 fully saturated rings. The van der Waals surface area contributed by atoms with Crippen molar-refractivity contribution < 1.29 is 24.2 Å². The van der Waals surface area contributed by atoms with E-state index < -0.39 is 12.0 Å². The fraction of sp³-hybridized carbons (Fsp3) is 0.529. The SMILES string of the molecule is COc1ccc(C(=O)N2CC3CCCC3C2C(=O)O)cc1OC. The zero-order chi connectivity index (χ0) is 16.6. The van der Waals surface area contributed by atoms with Crippen LogP contribution >= 0.6 is 0 Å². The van der Waals surface area contributed by atoms with E-state index in [1.165, 1.54) is 19.1 Å². The van der Waals surface area contributed by atoms with Crippen LogP contribution in [0.5, 0.6) is 11.5 Å². The molecule has 0 spiro atoms. The molecule has 1 aromatic rings. The lowest BCUT2D eigenvalue weighted by atomic mass is 9.94. The second-order valence-electron chi connectivity index (χ2n) is 6.17. The van der Waals surface area contributed by atoms with Crippen molar-refractivity contribution in [2.24, 2.45) is 11.8 Å². The molecule has 1 heterocycles. The van der Waals surface area contributed by atoms with E-state index in [1.54, 1.807) is 18.2 Å².